The van der Waals surface area contributed by atoms with Crippen molar-refractivity contribution in [1.82, 2.24) is 4.90 Å². The molecule has 1 aromatic carbocycles. The number of rotatable bonds is 7. The molecule has 0 aromatic heterocycles. The van der Waals surface area contributed by atoms with Crippen LogP contribution in [-0.4, -0.2) is 41.7 Å². The van der Waals surface area contributed by atoms with Gasteiger partial charge in [-0.1, -0.05) is 25.1 Å². The number of para-hydroxylation sites is 1. The highest BCUT2D eigenvalue weighted by Gasteiger charge is 2.60. The molecule has 154 valence electrons. The quantitative estimate of drug-likeness (QED) is 0.561. The van der Waals surface area contributed by atoms with Gasteiger partial charge < -0.3 is 10.1 Å². The first-order valence-corrected chi connectivity index (χ1v) is 10.4. The van der Waals surface area contributed by atoms with Crippen LogP contribution in [0.15, 0.2) is 24.3 Å². The largest absolute Gasteiger partial charge is 0.456 e. The number of aryl methyl sites for hydroxylation is 1. The van der Waals surface area contributed by atoms with Gasteiger partial charge in [0.2, 0.25) is 11.8 Å². The van der Waals surface area contributed by atoms with E-state index in [1.807, 2.05) is 25.1 Å². The summed E-state index contributed by atoms with van der Waals surface area (Å²) in [5.74, 6) is -0.976. The predicted octanol–water partition coefficient (Wildman–Crippen LogP) is 2.15. The highest BCUT2D eigenvalue weighted by Crippen LogP contribution is 2.56. The molecule has 3 fully saturated rings. The first-order valence-electron chi connectivity index (χ1n) is 10.4. The SMILES string of the molecule is CCc1ccccc1NC(=O)COC(=O)CCN1C(=O)[C@H]2[C@@H]3CC[C@@H](C3)[C@@H]2C1=O. The molecule has 0 unspecified atom stereocenters. The minimum atomic E-state index is -0.593. The number of fused-ring (bicyclic) bond motifs is 5. The number of imide groups is 1. The molecule has 7 nitrogen and oxygen atoms in total. The number of anilines is 1. The molecule has 1 saturated heterocycles. The fourth-order valence-electron chi connectivity index (χ4n) is 5.25. The second-order valence-electron chi connectivity index (χ2n) is 8.18. The van der Waals surface area contributed by atoms with E-state index >= 15 is 0 Å². The van der Waals surface area contributed by atoms with Crippen LogP contribution >= 0.6 is 0 Å². The summed E-state index contributed by atoms with van der Waals surface area (Å²) < 4.78 is 5.03. The molecule has 1 aromatic rings. The number of amides is 3. The van der Waals surface area contributed by atoms with E-state index in [9.17, 15) is 19.2 Å². The molecule has 29 heavy (non-hydrogen) atoms. The first kappa shape index (κ1) is 19.6. The lowest BCUT2D eigenvalue weighted by atomic mass is 9.81. The number of carbonyl (C=O) groups is 4. The average molecular weight is 398 g/mol. The van der Waals surface area contributed by atoms with E-state index in [2.05, 4.69) is 5.32 Å². The van der Waals surface area contributed by atoms with Gasteiger partial charge in [0.15, 0.2) is 6.61 Å². The van der Waals surface area contributed by atoms with Gasteiger partial charge in [-0.15, -0.1) is 0 Å². The van der Waals surface area contributed by atoms with Crippen molar-refractivity contribution >= 4 is 29.4 Å². The van der Waals surface area contributed by atoms with Crippen LogP contribution in [0.25, 0.3) is 0 Å². The summed E-state index contributed by atoms with van der Waals surface area (Å²) in [6.45, 7) is 1.63. The van der Waals surface area contributed by atoms with Gasteiger partial charge in [0, 0.05) is 12.2 Å². The zero-order valence-corrected chi connectivity index (χ0v) is 16.6. The van der Waals surface area contributed by atoms with Gasteiger partial charge in [0.05, 0.1) is 18.3 Å². The van der Waals surface area contributed by atoms with Crippen LogP contribution < -0.4 is 5.32 Å². The maximum Gasteiger partial charge on any atom is 0.308 e. The molecule has 1 aliphatic heterocycles. The zero-order chi connectivity index (χ0) is 20.5. The van der Waals surface area contributed by atoms with E-state index in [-0.39, 0.29) is 36.6 Å². The smallest absolute Gasteiger partial charge is 0.308 e. The number of hydrogen-bond acceptors (Lipinski definition) is 5. The first-order chi connectivity index (χ1) is 14.0. The molecule has 3 amide bonds. The Bertz CT molecular complexity index is 823. The van der Waals surface area contributed by atoms with Crippen molar-refractivity contribution in [3.8, 4) is 0 Å². The molecule has 2 bridgehead atoms. The van der Waals surface area contributed by atoms with Gasteiger partial charge in [0.1, 0.15) is 0 Å². The van der Waals surface area contributed by atoms with Crippen LogP contribution in [0.3, 0.4) is 0 Å². The van der Waals surface area contributed by atoms with E-state index < -0.39 is 18.5 Å². The van der Waals surface area contributed by atoms with Crippen LogP contribution in [0.1, 0.15) is 38.2 Å². The van der Waals surface area contributed by atoms with Gasteiger partial charge in [-0.25, -0.2) is 0 Å². The Balaban J connectivity index is 1.24. The predicted molar refractivity (Wildman–Crippen MR) is 105 cm³/mol. The minimum absolute atomic E-state index is 0.0310. The van der Waals surface area contributed by atoms with E-state index in [1.165, 1.54) is 4.90 Å². The van der Waals surface area contributed by atoms with E-state index in [0.29, 0.717) is 17.5 Å². The number of likely N-dealkylation sites (tertiary alicyclic amines) is 1. The fourth-order valence-corrected chi connectivity index (χ4v) is 5.25. The summed E-state index contributed by atoms with van der Waals surface area (Å²) in [5.41, 5.74) is 1.70. The Labute approximate surface area is 169 Å². The Morgan fingerprint density at radius 3 is 2.41 bits per heavy atom. The molecular weight excluding hydrogens is 372 g/mol. The molecule has 4 rings (SSSR count). The number of carbonyl (C=O) groups excluding carboxylic acids is 4. The summed E-state index contributed by atoms with van der Waals surface area (Å²) in [6, 6.07) is 7.45. The Morgan fingerprint density at radius 1 is 1.10 bits per heavy atom. The maximum atomic E-state index is 12.6. The fraction of sp³-hybridized carbons (Fsp3) is 0.545. The van der Waals surface area contributed by atoms with Crippen molar-refractivity contribution < 1.29 is 23.9 Å². The topological polar surface area (TPSA) is 92.8 Å². The van der Waals surface area contributed by atoms with Crippen molar-refractivity contribution in [2.45, 2.75) is 39.0 Å². The number of nitrogens with one attached hydrogen (secondary N) is 1. The normalized spacial score (nSPS) is 27.3. The number of ether oxygens (including phenoxy) is 1. The van der Waals surface area contributed by atoms with E-state index in [1.54, 1.807) is 6.07 Å². The number of nitrogens with zero attached hydrogens (tertiary/aromatic N) is 1. The van der Waals surface area contributed by atoms with Gasteiger partial charge in [-0.05, 0) is 49.1 Å². The lowest BCUT2D eigenvalue weighted by Crippen LogP contribution is -2.35. The van der Waals surface area contributed by atoms with Crippen molar-refractivity contribution in [3.63, 3.8) is 0 Å². The third-order valence-corrected chi connectivity index (χ3v) is 6.59. The number of benzene rings is 1. The van der Waals surface area contributed by atoms with Crippen molar-refractivity contribution in [3.05, 3.63) is 29.8 Å². The Morgan fingerprint density at radius 2 is 1.76 bits per heavy atom. The van der Waals surface area contributed by atoms with Gasteiger partial charge in [-0.2, -0.15) is 0 Å². The van der Waals surface area contributed by atoms with Gasteiger partial charge in [0.25, 0.3) is 5.91 Å². The molecular formula is C22H26N2O5. The molecule has 7 heteroatoms. The third kappa shape index (κ3) is 3.66. The molecule has 2 saturated carbocycles. The lowest BCUT2D eigenvalue weighted by Gasteiger charge is -2.19. The van der Waals surface area contributed by atoms with Crippen LogP contribution in [0.5, 0.6) is 0 Å². The molecule has 0 radical (unpaired) electrons. The third-order valence-electron chi connectivity index (χ3n) is 6.59. The number of esters is 1. The molecule has 2 aliphatic carbocycles. The van der Waals surface area contributed by atoms with Gasteiger partial charge >= 0.3 is 5.97 Å². The molecule has 1 heterocycles. The van der Waals surface area contributed by atoms with Gasteiger partial charge in [-0.3, -0.25) is 24.1 Å². The monoisotopic (exact) mass is 398 g/mol. The standard InChI is InChI=1S/C22H26N2O5/c1-2-13-5-3-4-6-16(13)23-17(25)12-29-18(26)9-10-24-21(27)19-14-7-8-15(11-14)20(19)22(24)28/h3-6,14-15,19-20H,2,7-12H2,1H3,(H,23,25)/t14-,15+,19-,20-/m0/s1. The summed E-state index contributed by atoms with van der Waals surface area (Å²) in [6.07, 6.45) is 3.72. The summed E-state index contributed by atoms with van der Waals surface area (Å²) in [7, 11) is 0. The Kier molecular flexibility index (Phi) is 5.39. The highest BCUT2D eigenvalue weighted by atomic mass is 16.5. The molecule has 4 atom stereocenters. The van der Waals surface area contributed by atoms with Crippen molar-refractivity contribution in [2.24, 2.45) is 23.7 Å². The van der Waals surface area contributed by atoms with Crippen molar-refractivity contribution in [1.29, 1.82) is 0 Å². The molecule has 3 aliphatic rings. The molecule has 1 N–H and O–H groups in total. The lowest BCUT2D eigenvalue weighted by molar-refractivity contribution is -0.149. The van der Waals surface area contributed by atoms with E-state index in [0.717, 1.165) is 31.2 Å². The maximum absolute atomic E-state index is 12.6. The van der Waals surface area contributed by atoms with Crippen LogP contribution in [0.4, 0.5) is 5.69 Å². The summed E-state index contributed by atoms with van der Waals surface area (Å²) in [5, 5.41) is 2.74. The van der Waals surface area contributed by atoms with Crippen LogP contribution in [0.2, 0.25) is 0 Å². The molecule has 0 spiro atoms. The van der Waals surface area contributed by atoms with Crippen molar-refractivity contribution in [2.75, 3.05) is 18.5 Å². The second-order valence-corrected chi connectivity index (χ2v) is 8.18. The summed E-state index contributed by atoms with van der Waals surface area (Å²) in [4.78, 5) is 50.6. The Hall–Kier alpha value is -2.70. The van der Waals surface area contributed by atoms with Crippen LogP contribution in [0, 0.1) is 23.7 Å². The highest BCUT2D eigenvalue weighted by molar-refractivity contribution is 6.06. The van der Waals surface area contributed by atoms with E-state index in [4.69, 9.17) is 4.74 Å². The minimum Gasteiger partial charge on any atom is -0.456 e. The summed E-state index contributed by atoms with van der Waals surface area (Å²) >= 11 is 0. The van der Waals surface area contributed by atoms with Crippen LogP contribution in [-0.2, 0) is 30.3 Å². The second kappa shape index (κ2) is 7.97. The average Bonchev–Trinajstić information content (AvgIpc) is 3.40. The number of hydrogen-bond donors (Lipinski definition) is 1. The zero-order valence-electron chi connectivity index (χ0n) is 16.6.